The van der Waals surface area contributed by atoms with Gasteiger partial charge in [-0.2, -0.15) is 15.1 Å². The van der Waals surface area contributed by atoms with E-state index in [-0.39, 0.29) is 0 Å². The number of nitrogens with zero attached hydrogens (tertiary/aromatic N) is 5. The summed E-state index contributed by atoms with van der Waals surface area (Å²) >= 11 is 0. The molecule has 2 aromatic heterocycles. The molecular weight excluding hydrogens is 312 g/mol. The van der Waals surface area contributed by atoms with Crippen molar-refractivity contribution in [2.24, 2.45) is 0 Å². The number of H-pyrrole nitrogens is 1. The number of nitrogens with one attached hydrogen (secondary N) is 1. The second-order valence-corrected chi connectivity index (χ2v) is 7.01. The van der Waals surface area contributed by atoms with Gasteiger partial charge in [-0.3, -0.25) is 5.10 Å². The number of allylic oxidation sites excluding steroid dienone is 3. The summed E-state index contributed by atoms with van der Waals surface area (Å²) in [5, 5.41) is 8.78. The van der Waals surface area contributed by atoms with E-state index in [1.807, 2.05) is 6.92 Å². The van der Waals surface area contributed by atoms with Crippen LogP contribution >= 0.6 is 0 Å². The van der Waals surface area contributed by atoms with E-state index in [1.54, 1.807) is 0 Å². The Hall–Kier alpha value is -2.37. The van der Waals surface area contributed by atoms with Crippen molar-refractivity contribution in [2.75, 3.05) is 36.0 Å². The Labute approximate surface area is 148 Å². The second-order valence-electron chi connectivity index (χ2n) is 7.01. The van der Waals surface area contributed by atoms with E-state index in [2.05, 4.69) is 45.1 Å². The molecule has 0 atom stereocenters. The third kappa shape index (κ3) is 3.13. The van der Waals surface area contributed by atoms with Gasteiger partial charge in [0.25, 0.3) is 0 Å². The average molecular weight is 338 g/mol. The maximum absolute atomic E-state index is 5.00. The van der Waals surface area contributed by atoms with Crippen molar-refractivity contribution in [3.05, 3.63) is 29.5 Å². The van der Waals surface area contributed by atoms with E-state index in [0.717, 1.165) is 61.8 Å². The summed E-state index contributed by atoms with van der Waals surface area (Å²) in [5.41, 5.74) is 3.32. The quantitative estimate of drug-likeness (QED) is 0.867. The highest BCUT2D eigenvalue weighted by Gasteiger charge is 2.25. The van der Waals surface area contributed by atoms with Crippen LogP contribution in [0.3, 0.4) is 0 Å². The standard InChI is InChI=1S/C19H26N6/c1-3-4-8-14(2)13-25-12-7-9-15-16-17(23-22-15)20-19(21-18(16)25)24-10-5-6-11-24/h3-4,8H,5-7,9-13H2,1-2H3,(H,20,21,22,23)/b4-3-,14-8+. The van der Waals surface area contributed by atoms with Crippen molar-refractivity contribution in [1.29, 1.82) is 0 Å². The third-order valence-corrected chi connectivity index (χ3v) is 5.01. The smallest absolute Gasteiger partial charge is 0.229 e. The van der Waals surface area contributed by atoms with Crippen LogP contribution in [0.1, 0.15) is 38.8 Å². The van der Waals surface area contributed by atoms with Crippen LogP contribution in [0.2, 0.25) is 0 Å². The maximum Gasteiger partial charge on any atom is 0.229 e. The zero-order valence-corrected chi connectivity index (χ0v) is 15.1. The SMILES string of the molecule is C/C=C\C=C(/C)CN1CCCc2[nH]nc3nc(N4CCCC4)nc1c23. The van der Waals surface area contributed by atoms with Gasteiger partial charge in [0.2, 0.25) is 5.95 Å². The highest BCUT2D eigenvalue weighted by molar-refractivity contribution is 5.91. The van der Waals surface area contributed by atoms with Crippen LogP contribution in [0.5, 0.6) is 0 Å². The zero-order valence-electron chi connectivity index (χ0n) is 15.1. The van der Waals surface area contributed by atoms with E-state index in [1.165, 1.54) is 24.1 Å². The highest BCUT2D eigenvalue weighted by Crippen LogP contribution is 2.32. The van der Waals surface area contributed by atoms with Crippen LogP contribution in [0, 0.1) is 0 Å². The number of aromatic amines is 1. The van der Waals surface area contributed by atoms with Gasteiger partial charge in [-0.1, -0.05) is 23.8 Å². The van der Waals surface area contributed by atoms with Crippen molar-refractivity contribution in [1.82, 2.24) is 20.2 Å². The molecule has 1 fully saturated rings. The number of hydrogen-bond acceptors (Lipinski definition) is 5. The van der Waals surface area contributed by atoms with Crippen molar-refractivity contribution in [3.63, 3.8) is 0 Å². The fourth-order valence-corrected chi connectivity index (χ4v) is 3.74. The lowest BCUT2D eigenvalue weighted by Crippen LogP contribution is -2.28. The summed E-state index contributed by atoms with van der Waals surface area (Å²) in [7, 11) is 0. The molecule has 0 aromatic carbocycles. The molecule has 2 aromatic rings. The Kier molecular flexibility index (Phi) is 4.42. The molecule has 0 aliphatic carbocycles. The fourth-order valence-electron chi connectivity index (χ4n) is 3.74. The van der Waals surface area contributed by atoms with E-state index in [4.69, 9.17) is 9.97 Å². The lowest BCUT2D eigenvalue weighted by Gasteiger charge is -2.25. The number of aromatic nitrogens is 4. The van der Waals surface area contributed by atoms with Gasteiger partial charge < -0.3 is 9.80 Å². The first-order chi connectivity index (χ1) is 12.3. The molecule has 6 heteroatoms. The molecule has 0 amide bonds. The molecule has 2 aliphatic rings. The van der Waals surface area contributed by atoms with E-state index >= 15 is 0 Å². The largest absolute Gasteiger partial charge is 0.352 e. The molecule has 0 bridgehead atoms. The molecule has 0 unspecified atom stereocenters. The minimum Gasteiger partial charge on any atom is -0.352 e. The number of aryl methyl sites for hydroxylation is 1. The first-order valence-electron chi connectivity index (χ1n) is 9.29. The van der Waals surface area contributed by atoms with Gasteiger partial charge >= 0.3 is 0 Å². The van der Waals surface area contributed by atoms with Gasteiger partial charge in [0.05, 0.1) is 5.39 Å². The number of rotatable bonds is 4. The highest BCUT2D eigenvalue weighted by atomic mass is 15.3. The Morgan fingerprint density at radius 2 is 2.00 bits per heavy atom. The molecular formula is C19H26N6. The molecule has 2 aliphatic heterocycles. The summed E-state index contributed by atoms with van der Waals surface area (Å²) in [6.07, 6.45) is 10.9. The lowest BCUT2D eigenvalue weighted by atomic mass is 10.2. The van der Waals surface area contributed by atoms with Gasteiger partial charge in [-0.25, -0.2) is 0 Å². The van der Waals surface area contributed by atoms with E-state index in [0.29, 0.717) is 0 Å². The summed E-state index contributed by atoms with van der Waals surface area (Å²) < 4.78 is 0. The van der Waals surface area contributed by atoms with Crippen molar-refractivity contribution >= 4 is 22.8 Å². The first kappa shape index (κ1) is 16.1. The minimum atomic E-state index is 0.809. The van der Waals surface area contributed by atoms with Crippen LogP contribution in [-0.2, 0) is 6.42 Å². The van der Waals surface area contributed by atoms with Crippen LogP contribution < -0.4 is 9.80 Å². The summed E-state index contributed by atoms with van der Waals surface area (Å²) in [6, 6.07) is 0. The first-order valence-corrected chi connectivity index (χ1v) is 9.29. The molecule has 1 N–H and O–H groups in total. The van der Waals surface area contributed by atoms with Crippen LogP contribution in [0.25, 0.3) is 11.0 Å². The Balaban J connectivity index is 1.76. The molecule has 25 heavy (non-hydrogen) atoms. The van der Waals surface area contributed by atoms with Gasteiger partial charge in [-0.15, -0.1) is 0 Å². The Morgan fingerprint density at radius 3 is 2.80 bits per heavy atom. The molecule has 4 heterocycles. The third-order valence-electron chi connectivity index (χ3n) is 5.01. The monoisotopic (exact) mass is 338 g/mol. The number of hydrogen-bond donors (Lipinski definition) is 1. The van der Waals surface area contributed by atoms with E-state index < -0.39 is 0 Å². The average Bonchev–Trinajstić information content (AvgIpc) is 3.25. The summed E-state index contributed by atoms with van der Waals surface area (Å²) in [6.45, 7) is 8.21. The van der Waals surface area contributed by atoms with Crippen molar-refractivity contribution < 1.29 is 0 Å². The molecule has 4 rings (SSSR count). The predicted molar refractivity (Wildman–Crippen MR) is 102 cm³/mol. The van der Waals surface area contributed by atoms with Gasteiger partial charge in [0.15, 0.2) is 5.65 Å². The molecule has 1 saturated heterocycles. The maximum atomic E-state index is 5.00. The zero-order chi connectivity index (χ0) is 17.2. The Morgan fingerprint density at radius 1 is 1.16 bits per heavy atom. The van der Waals surface area contributed by atoms with Gasteiger partial charge in [0.1, 0.15) is 5.82 Å². The predicted octanol–water partition coefficient (Wildman–Crippen LogP) is 3.23. The van der Waals surface area contributed by atoms with E-state index in [9.17, 15) is 0 Å². The van der Waals surface area contributed by atoms with Crippen molar-refractivity contribution in [3.8, 4) is 0 Å². The normalized spacial score (nSPS) is 18.6. The van der Waals surface area contributed by atoms with Crippen LogP contribution in [0.15, 0.2) is 23.8 Å². The molecule has 6 nitrogen and oxygen atoms in total. The second kappa shape index (κ2) is 6.86. The van der Waals surface area contributed by atoms with Gasteiger partial charge in [-0.05, 0) is 39.5 Å². The van der Waals surface area contributed by atoms with Crippen molar-refractivity contribution in [2.45, 2.75) is 39.5 Å². The minimum absolute atomic E-state index is 0.809. The van der Waals surface area contributed by atoms with Gasteiger partial charge in [0, 0.05) is 31.9 Å². The molecule has 132 valence electrons. The van der Waals surface area contributed by atoms with Crippen LogP contribution in [-0.4, -0.2) is 46.3 Å². The molecule has 0 spiro atoms. The number of anilines is 2. The summed E-state index contributed by atoms with van der Waals surface area (Å²) in [5.74, 6) is 1.88. The Bertz CT molecular complexity index is 813. The lowest BCUT2D eigenvalue weighted by molar-refractivity contribution is 0.745. The summed E-state index contributed by atoms with van der Waals surface area (Å²) in [4.78, 5) is 14.4. The molecule has 0 saturated carbocycles. The topological polar surface area (TPSA) is 60.9 Å². The van der Waals surface area contributed by atoms with Crippen LogP contribution in [0.4, 0.5) is 11.8 Å². The molecule has 0 radical (unpaired) electrons. The fraction of sp³-hybridized carbons (Fsp3) is 0.526.